The van der Waals surface area contributed by atoms with Crippen molar-refractivity contribution in [1.82, 2.24) is 5.32 Å². The van der Waals surface area contributed by atoms with E-state index in [9.17, 15) is 19.2 Å². The predicted octanol–water partition coefficient (Wildman–Crippen LogP) is 4.29. The first-order chi connectivity index (χ1) is 16.2. The van der Waals surface area contributed by atoms with Crippen LogP contribution in [0.1, 0.15) is 36.2 Å². The first-order valence-corrected chi connectivity index (χ1v) is 10.8. The van der Waals surface area contributed by atoms with Crippen LogP contribution < -0.4 is 10.6 Å². The highest BCUT2D eigenvalue weighted by Crippen LogP contribution is 2.22. The molecule has 3 aromatic carbocycles. The topological polar surface area (TPSA) is 113 Å². The summed E-state index contributed by atoms with van der Waals surface area (Å²) in [5.41, 5.74) is 2.37. The number of amides is 2. The second-order valence-electron chi connectivity index (χ2n) is 8.57. The molecule has 3 N–H and O–H groups in total. The van der Waals surface area contributed by atoms with Gasteiger partial charge in [-0.05, 0) is 42.7 Å². The number of carboxylic acid groups (broad SMARTS) is 1. The molecule has 0 bridgehead atoms. The molecule has 0 radical (unpaired) electrons. The number of hydrogen-bond donors (Lipinski definition) is 3. The van der Waals surface area contributed by atoms with Crippen molar-refractivity contribution >= 4 is 29.3 Å². The van der Waals surface area contributed by atoms with Crippen LogP contribution in [-0.4, -0.2) is 28.7 Å². The maximum Gasteiger partial charge on any atom is 0.309 e. The highest BCUT2D eigenvalue weighted by molar-refractivity contribution is 6.42. The number of rotatable bonds is 9. The van der Waals surface area contributed by atoms with Gasteiger partial charge in [-0.3, -0.25) is 19.2 Å². The summed E-state index contributed by atoms with van der Waals surface area (Å²) in [5, 5.41) is 14.4. The quantitative estimate of drug-likeness (QED) is 0.327. The van der Waals surface area contributed by atoms with Crippen LogP contribution in [0.15, 0.2) is 78.9 Å². The summed E-state index contributed by atoms with van der Waals surface area (Å²) in [6, 6.07) is 23.3. The van der Waals surface area contributed by atoms with Crippen molar-refractivity contribution in [2.24, 2.45) is 5.41 Å². The number of Topliss-reactive ketones (excluding diaryl/α,β-unsaturated/α-hetero) is 1. The summed E-state index contributed by atoms with van der Waals surface area (Å²) in [5.74, 6) is -2.78. The third-order valence-electron chi connectivity index (χ3n) is 5.33. The summed E-state index contributed by atoms with van der Waals surface area (Å²) in [4.78, 5) is 48.0. The molecule has 7 nitrogen and oxygen atoms in total. The predicted molar refractivity (Wildman–Crippen MR) is 129 cm³/mol. The molecule has 0 fully saturated rings. The minimum atomic E-state index is -1.16. The molecule has 0 atom stereocenters. The number of hydrogen-bond acceptors (Lipinski definition) is 4. The fraction of sp³-hybridized carbons (Fsp3) is 0.185. The van der Waals surface area contributed by atoms with Crippen molar-refractivity contribution in [3.63, 3.8) is 0 Å². The molecule has 34 heavy (non-hydrogen) atoms. The van der Waals surface area contributed by atoms with Crippen molar-refractivity contribution in [1.29, 1.82) is 0 Å². The Morgan fingerprint density at radius 1 is 0.794 bits per heavy atom. The minimum absolute atomic E-state index is 0.146. The molecule has 0 saturated heterocycles. The van der Waals surface area contributed by atoms with E-state index >= 15 is 0 Å². The highest BCUT2D eigenvalue weighted by atomic mass is 16.4. The molecule has 7 heteroatoms. The van der Waals surface area contributed by atoms with Crippen molar-refractivity contribution in [3.05, 3.63) is 90.0 Å². The summed E-state index contributed by atoms with van der Waals surface area (Å²) >= 11 is 0. The number of aliphatic carboxylic acids is 1. The molecular formula is C27H26N2O5. The largest absolute Gasteiger partial charge is 0.481 e. The molecular weight excluding hydrogens is 432 g/mol. The van der Waals surface area contributed by atoms with E-state index in [1.54, 1.807) is 48.5 Å². The van der Waals surface area contributed by atoms with Crippen LogP contribution in [0.5, 0.6) is 0 Å². The Balaban J connectivity index is 1.52. The van der Waals surface area contributed by atoms with Gasteiger partial charge in [0.2, 0.25) is 11.7 Å². The van der Waals surface area contributed by atoms with Gasteiger partial charge in [0.15, 0.2) is 0 Å². The van der Waals surface area contributed by atoms with E-state index in [0.717, 1.165) is 16.7 Å². The third kappa shape index (κ3) is 6.38. The lowest BCUT2D eigenvalue weighted by Gasteiger charge is -2.18. The standard InChI is InChI=1S/C27H26N2O5/c1-27(2,26(33)34)16-23(30)29-22-14-8-18(9-15-22)17-28-25(32)24(31)21-12-10-20(11-13-21)19-6-4-3-5-7-19/h3-15H,16-17H2,1-2H3,(H,28,32)(H,29,30)(H,33,34). The van der Waals surface area contributed by atoms with Gasteiger partial charge in [0, 0.05) is 24.2 Å². The Labute approximate surface area is 197 Å². The zero-order valence-electron chi connectivity index (χ0n) is 19.0. The number of carbonyl (C=O) groups excluding carboxylic acids is 3. The minimum Gasteiger partial charge on any atom is -0.481 e. The molecule has 0 saturated carbocycles. The smallest absolute Gasteiger partial charge is 0.309 e. The molecule has 3 rings (SSSR count). The fourth-order valence-electron chi connectivity index (χ4n) is 3.23. The van der Waals surface area contributed by atoms with Crippen molar-refractivity contribution in [3.8, 4) is 11.1 Å². The number of benzene rings is 3. The van der Waals surface area contributed by atoms with Crippen LogP contribution in [0.3, 0.4) is 0 Å². The SMILES string of the molecule is CC(C)(CC(=O)Nc1ccc(CNC(=O)C(=O)c2ccc(-c3ccccc3)cc2)cc1)C(=O)O. The summed E-state index contributed by atoms with van der Waals surface area (Å²) < 4.78 is 0. The van der Waals surface area contributed by atoms with Gasteiger partial charge in [-0.1, -0.05) is 66.7 Å². The zero-order chi connectivity index (χ0) is 24.7. The molecule has 0 heterocycles. The number of anilines is 1. The number of ketones is 1. The normalized spacial score (nSPS) is 10.9. The molecule has 0 spiro atoms. The fourth-order valence-corrected chi connectivity index (χ4v) is 3.23. The van der Waals surface area contributed by atoms with E-state index in [0.29, 0.717) is 11.3 Å². The molecule has 0 aliphatic heterocycles. The van der Waals surface area contributed by atoms with Crippen LogP contribution >= 0.6 is 0 Å². The highest BCUT2D eigenvalue weighted by Gasteiger charge is 2.30. The molecule has 0 aliphatic rings. The number of carbonyl (C=O) groups is 4. The Bertz CT molecular complexity index is 1180. The monoisotopic (exact) mass is 458 g/mol. The second kappa shape index (κ2) is 10.6. The maximum atomic E-state index is 12.4. The van der Waals surface area contributed by atoms with Crippen molar-refractivity contribution < 1.29 is 24.3 Å². The van der Waals surface area contributed by atoms with Crippen LogP contribution in [0.2, 0.25) is 0 Å². The van der Waals surface area contributed by atoms with Crippen molar-refractivity contribution in [2.75, 3.05) is 5.32 Å². The first kappa shape index (κ1) is 24.4. The molecule has 2 amide bonds. The van der Waals surface area contributed by atoms with Gasteiger partial charge in [-0.15, -0.1) is 0 Å². The Morgan fingerprint density at radius 2 is 1.38 bits per heavy atom. The van der Waals surface area contributed by atoms with Gasteiger partial charge in [0.05, 0.1) is 5.41 Å². The van der Waals surface area contributed by atoms with Gasteiger partial charge in [0.25, 0.3) is 5.91 Å². The summed E-state index contributed by atoms with van der Waals surface area (Å²) in [6.45, 7) is 3.12. The zero-order valence-corrected chi connectivity index (χ0v) is 19.0. The van der Waals surface area contributed by atoms with E-state index < -0.39 is 29.0 Å². The van der Waals surface area contributed by atoms with E-state index in [2.05, 4.69) is 10.6 Å². The molecule has 174 valence electrons. The van der Waals surface area contributed by atoms with Crippen LogP contribution in [0, 0.1) is 5.41 Å². The van der Waals surface area contributed by atoms with Gasteiger partial charge in [-0.2, -0.15) is 0 Å². The molecule has 0 aliphatic carbocycles. The van der Waals surface area contributed by atoms with Gasteiger partial charge >= 0.3 is 5.97 Å². The average Bonchev–Trinajstić information content (AvgIpc) is 2.83. The molecule has 3 aromatic rings. The Morgan fingerprint density at radius 3 is 1.97 bits per heavy atom. The summed E-state index contributed by atoms with van der Waals surface area (Å²) in [7, 11) is 0. The lowest BCUT2D eigenvalue weighted by molar-refractivity contribution is -0.149. The second-order valence-corrected chi connectivity index (χ2v) is 8.57. The maximum absolute atomic E-state index is 12.4. The molecule has 0 unspecified atom stereocenters. The van der Waals surface area contributed by atoms with Crippen LogP contribution in [0.25, 0.3) is 11.1 Å². The molecule has 0 aromatic heterocycles. The van der Waals surface area contributed by atoms with Gasteiger partial charge in [-0.25, -0.2) is 0 Å². The average molecular weight is 459 g/mol. The van der Waals surface area contributed by atoms with Gasteiger partial charge in [0.1, 0.15) is 0 Å². The van der Waals surface area contributed by atoms with Gasteiger partial charge < -0.3 is 15.7 Å². The Hall–Kier alpha value is -4.26. The lowest BCUT2D eigenvalue weighted by atomic mass is 9.89. The van der Waals surface area contributed by atoms with E-state index in [1.807, 2.05) is 30.3 Å². The van der Waals surface area contributed by atoms with Crippen LogP contribution in [-0.2, 0) is 20.9 Å². The van der Waals surface area contributed by atoms with E-state index in [4.69, 9.17) is 5.11 Å². The third-order valence-corrected chi connectivity index (χ3v) is 5.33. The van der Waals surface area contributed by atoms with Crippen molar-refractivity contribution in [2.45, 2.75) is 26.8 Å². The van der Waals surface area contributed by atoms with E-state index in [1.165, 1.54) is 13.8 Å². The first-order valence-electron chi connectivity index (χ1n) is 10.8. The number of carboxylic acids is 1. The lowest BCUT2D eigenvalue weighted by Crippen LogP contribution is -2.30. The Kier molecular flexibility index (Phi) is 7.58. The summed E-state index contributed by atoms with van der Waals surface area (Å²) in [6.07, 6.45) is -0.158. The van der Waals surface area contributed by atoms with Crippen LogP contribution in [0.4, 0.5) is 5.69 Å². The van der Waals surface area contributed by atoms with E-state index in [-0.39, 0.29) is 13.0 Å². The number of nitrogens with one attached hydrogen (secondary N) is 2.